The Morgan fingerprint density at radius 3 is 2.88 bits per heavy atom. The fraction of sp³-hybridized carbons (Fsp3) is 0.182. The Balaban J connectivity index is 2.38. The lowest BCUT2D eigenvalue weighted by Crippen LogP contribution is -2.53. The van der Waals surface area contributed by atoms with Crippen LogP contribution in [0.5, 0.6) is 0 Å². The molecule has 1 aromatic rings. The maximum Gasteiger partial charge on any atom is 0.245 e. The molecular weight excluding hydrogens is 302 g/mol. The summed E-state index contributed by atoms with van der Waals surface area (Å²) in [6.45, 7) is 0. The lowest BCUT2D eigenvalue weighted by molar-refractivity contribution is -0.123. The minimum atomic E-state index is -0.781. The molecule has 2 rings (SSSR count). The normalized spacial score (nSPS) is 23.5. The van der Waals surface area contributed by atoms with E-state index in [1.54, 1.807) is 0 Å². The van der Waals surface area contributed by atoms with Gasteiger partial charge in [-0.3, -0.25) is 4.79 Å². The van der Waals surface area contributed by atoms with Crippen molar-refractivity contribution in [2.75, 3.05) is 0 Å². The largest absolute Gasteiger partial charge is 0.354 e. The topological polar surface area (TPSA) is 64.9 Å². The molecule has 0 unspecified atom stereocenters. The van der Waals surface area contributed by atoms with Gasteiger partial charge in [-0.15, -0.1) is 0 Å². The predicted molar refractivity (Wildman–Crippen MR) is 69.9 cm³/mol. The number of nitrogens with one attached hydrogen (secondary N) is 2. The van der Waals surface area contributed by atoms with E-state index in [9.17, 15) is 4.79 Å². The Morgan fingerprint density at radius 2 is 2.24 bits per heavy atom. The maximum absolute atomic E-state index is 11.6. The van der Waals surface area contributed by atoms with Gasteiger partial charge in [0.05, 0.1) is 12.1 Å². The van der Waals surface area contributed by atoms with Crippen molar-refractivity contribution >= 4 is 39.2 Å². The summed E-state index contributed by atoms with van der Waals surface area (Å²) in [5.74, 6) is -1.14. The molecule has 2 N–H and O–H groups in total. The van der Waals surface area contributed by atoms with E-state index in [-0.39, 0.29) is 11.0 Å². The fourth-order valence-electron chi connectivity index (χ4n) is 1.71. The quantitative estimate of drug-likeness (QED) is 0.774. The molecule has 0 bridgehead atoms. The van der Waals surface area contributed by atoms with Crippen molar-refractivity contribution in [1.29, 1.82) is 5.26 Å². The summed E-state index contributed by atoms with van der Waals surface area (Å²) in [5.41, 5.74) is 0.850. The first-order valence-corrected chi connectivity index (χ1v) is 6.08. The van der Waals surface area contributed by atoms with E-state index in [4.69, 9.17) is 17.5 Å². The van der Waals surface area contributed by atoms with Crippen molar-refractivity contribution < 1.29 is 4.79 Å². The number of thiocarbonyl (C=S) groups is 1. The van der Waals surface area contributed by atoms with E-state index >= 15 is 0 Å². The van der Waals surface area contributed by atoms with Crippen molar-refractivity contribution in [3.63, 3.8) is 0 Å². The van der Waals surface area contributed by atoms with Gasteiger partial charge in [-0.05, 0) is 29.9 Å². The number of hydrogen-bond acceptors (Lipinski definition) is 3. The molecule has 1 fully saturated rings. The molecule has 86 valence electrons. The Morgan fingerprint density at radius 1 is 1.47 bits per heavy atom. The van der Waals surface area contributed by atoms with Gasteiger partial charge in [-0.1, -0.05) is 28.1 Å². The predicted octanol–water partition coefficient (Wildman–Crippen LogP) is 1.63. The number of carbonyl (C=O) groups excluding carboxylic acids is 1. The van der Waals surface area contributed by atoms with Gasteiger partial charge in [-0.2, -0.15) is 5.26 Å². The van der Waals surface area contributed by atoms with Crippen molar-refractivity contribution in [2.24, 2.45) is 5.92 Å². The van der Waals surface area contributed by atoms with Gasteiger partial charge in [0.15, 0.2) is 5.11 Å². The molecule has 2 atom stereocenters. The highest BCUT2D eigenvalue weighted by Gasteiger charge is 2.35. The van der Waals surface area contributed by atoms with E-state index in [0.29, 0.717) is 0 Å². The van der Waals surface area contributed by atoms with Crippen LogP contribution in [0, 0.1) is 17.2 Å². The number of rotatable bonds is 1. The summed E-state index contributed by atoms with van der Waals surface area (Å²) in [5, 5.41) is 14.7. The highest BCUT2D eigenvalue weighted by Crippen LogP contribution is 2.26. The Hall–Kier alpha value is -1.45. The maximum atomic E-state index is 11.6. The Bertz CT molecular complexity index is 526. The SMILES string of the molecule is N#C[C@H]1C(=O)NC(=S)N[C@H]1c1cccc(Br)c1. The zero-order valence-corrected chi connectivity index (χ0v) is 11.0. The van der Waals surface area contributed by atoms with Crippen LogP contribution in [0.3, 0.4) is 0 Å². The molecule has 6 heteroatoms. The van der Waals surface area contributed by atoms with Crippen LogP contribution in [0.15, 0.2) is 28.7 Å². The van der Waals surface area contributed by atoms with Crippen molar-refractivity contribution in [3.05, 3.63) is 34.3 Å². The third kappa shape index (κ3) is 2.46. The fourth-order valence-corrected chi connectivity index (χ4v) is 2.36. The van der Waals surface area contributed by atoms with E-state index < -0.39 is 12.0 Å². The molecule has 0 spiro atoms. The summed E-state index contributed by atoms with van der Waals surface area (Å²) in [6.07, 6.45) is 0. The van der Waals surface area contributed by atoms with Crippen molar-refractivity contribution in [3.8, 4) is 6.07 Å². The first-order chi connectivity index (χ1) is 8.11. The second-order valence-electron chi connectivity index (χ2n) is 3.60. The van der Waals surface area contributed by atoms with Gasteiger partial charge in [0, 0.05) is 4.47 Å². The van der Waals surface area contributed by atoms with Gasteiger partial charge in [0.25, 0.3) is 0 Å². The molecule has 17 heavy (non-hydrogen) atoms. The summed E-state index contributed by atoms with van der Waals surface area (Å²) in [7, 11) is 0. The standard InChI is InChI=1S/C11H8BrN3OS/c12-7-3-1-2-6(4-7)9-8(5-13)10(16)15-11(17)14-9/h1-4,8-9H,(H2,14,15,16,17)/t8-,9+/m1/s1. The van der Waals surface area contributed by atoms with Crippen LogP contribution >= 0.6 is 28.1 Å². The third-order valence-electron chi connectivity index (χ3n) is 2.49. The molecule has 0 aliphatic carbocycles. The van der Waals surface area contributed by atoms with Crippen LogP contribution in [0.4, 0.5) is 0 Å². The number of carbonyl (C=O) groups is 1. The van der Waals surface area contributed by atoms with Gasteiger partial charge < -0.3 is 10.6 Å². The zero-order chi connectivity index (χ0) is 12.4. The first kappa shape index (κ1) is 12.0. The molecule has 1 aliphatic heterocycles. The molecule has 0 aromatic heterocycles. The molecule has 0 radical (unpaired) electrons. The molecule has 1 heterocycles. The monoisotopic (exact) mass is 309 g/mol. The highest BCUT2D eigenvalue weighted by molar-refractivity contribution is 9.10. The lowest BCUT2D eigenvalue weighted by Gasteiger charge is -2.29. The van der Waals surface area contributed by atoms with E-state index in [1.165, 1.54) is 0 Å². The van der Waals surface area contributed by atoms with E-state index in [0.717, 1.165) is 10.0 Å². The van der Waals surface area contributed by atoms with Crippen LogP contribution in [-0.2, 0) is 4.79 Å². The smallest absolute Gasteiger partial charge is 0.245 e. The third-order valence-corrected chi connectivity index (χ3v) is 3.20. The second kappa shape index (κ2) is 4.82. The van der Waals surface area contributed by atoms with Crippen LogP contribution in [0.1, 0.15) is 11.6 Å². The number of halogens is 1. The van der Waals surface area contributed by atoms with Crippen LogP contribution < -0.4 is 10.6 Å². The zero-order valence-electron chi connectivity index (χ0n) is 8.61. The molecule has 1 aromatic carbocycles. The number of amides is 1. The van der Waals surface area contributed by atoms with Crippen LogP contribution in [0.2, 0.25) is 0 Å². The average Bonchev–Trinajstić information content (AvgIpc) is 2.28. The van der Waals surface area contributed by atoms with Gasteiger partial charge in [0.2, 0.25) is 5.91 Å². The highest BCUT2D eigenvalue weighted by atomic mass is 79.9. The summed E-state index contributed by atoms with van der Waals surface area (Å²) < 4.78 is 0.894. The second-order valence-corrected chi connectivity index (χ2v) is 4.93. The van der Waals surface area contributed by atoms with Gasteiger partial charge in [0.1, 0.15) is 5.92 Å². The van der Waals surface area contributed by atoms with E-state index in [1.807, 2.05) is 30.3 Å². The summed E-state index contributed by atoms with van der Waals surface area (Å²) in [6, 6.07) is 9.04. The minimum Gasteiger partial charge on any atom is -0.354 e. The van der Waals surface area contributed by atoms with Gasteiger partial charge >= 0.3 is 0 Å². The summed E-state index contributed by atoms with van der Waals surface area (Å²) in [4.78, 5) is 11.6. The Kier molecular flexibility index (Phi) is 3.41. The molecular formula is C11H8BrN3OS. The lowest BCUT2D eigenvalue weighted by atomic mass is 9.92. The van der Waals surface area contributed by atoms with Crippen molar-refractivity contribution in [2.45, 2.75) is 6.04 Å². The van der Waals surface area contributed by atoms with Gasteiger partial charge in [-0.25, -0.2) is 0 Å². The molecule has 1 saturated heterocycles. The van der Waals surface area contributed by atoms with Crippen molar-refractivity contribution in [1.82, 2.24) is 10.6 Å². The molecule has 0 saturated carbocycles. The number of nitriles is 1. The minimum absolute atomic E-state index is 0.256. The molecule has 1 amide bonds. The molecule has 4 nitrogen and oxygen atoms in total. The van der Waals surface area contributed by atoms with E-state index in [2.05, 4.69) is 26.6 Å². The van der Waals surface area contributed by atoms with Crippen LogP contribution in [0.25, 0.3) is 0 Å². The van der Waals surface area contributed by atoms with Crippen LogP contribution in [-0.4, -0.2) is 11.0 Å². The first-order valence-electron chi connectivity index (χ1n) is 4.88. The Labute approximate surface area is 112 Å². The number of benzene rings is 1. The number of hydrogen-bond donors (Lipinski definition) is 2. The summed E-state index contributed by atoms with van der Waals surface area (Å²) >= 11 is 8.29. The average molecular weight is 310 g/mol. The molecule has 1 aliphatic rings. The number of nitrogens with zero attached hydrogens (tertiary/aromatic N) is 1.